The molecule has 0 spiro atoms. The van der Waals surface area contributed by atoms with E-state index in [2.05, 4.69) is 25.6 Å². The fraction of sp³-hybridized carbons (Fsp3) is 0.538. The van der Waals surface area contributed by atoms with Crippen molar-refractivity contribution in [1.29, 1.82) is 0 Å². The van der Waals surface area contributed by atoms with Crippen molar-refractivity contribution in [2.24, 2.45) is 0 Å². The minimum Gasteiger partial charge on any atom is -0.299 e. The fourth-order valence-corrected chi connectivity index (χ4v) is 3.74. The van der Waals surface area contributed by atoms with Gasteiger partial charge < -0.3 is 0 Å². The molecular weight excluding hydrogens is 364 g/mol. The monoisotopic (exact) mass is 380 g/mol. The van der Waals surface area contributed by atoms with Crippen LogP contribution in [0.5, 0.6) is 0 Å². The van der Waals surface area contributed by atoms with E-state index in [0.717, 1.165) is 0 Å². The summed E-state index contributed by atoms with van der Waals surface area (Å²) >= 11 is 9.11. The molecule has 0 aromatic heterocycles. The predicted molar refractivity (Wildman–Crippen MR) is 84.6 cm³/mol. The van der Waals surface area contributed by atoms with Gasteiger partial charge in [0.05, 0.1) is 9.92 Å². The zero-order valence-electron chi connectivity index (χ0n) is 11.4. The lowest BCUT2D eigenvalue weighted by Crippen LogP contribution is -2.41. The second-order valence-electron chi connectivity index (χ2n) is 5.17. The first-order valence-electron chi connectivity index (χ1n) is 6.48. The first kappa shape index (κ1) is 16.2. The minimum absolute atomic E-state index is 0.174. The molecule has 1 aliphatic carbocycles. The van der Waals surface area contributed by atoms with Gasteiger partial charge in [-0.15, -0.1) is 0 Å². The average molecular weight is 382 g/mol. The Hall–Kier alpha value is -0.140. The maximum atomic E-state index is 12.2. The van der Waals surface area contributed by atoms with Crippen LogP contribution in [0, 0.1) is 0 Å². The Balaban J connectivity index is 2.01. The molecule has 0 heterocycles. The fourth-order valence-electron chi connectivity index (χ4n) is 1.94. The van der Waals surface area contributed by atoms with Crippen LogP contribution in [0.4, 0.5) is 0 Å². The zero-order valence-corrected chi connectivity index (χ0v) is 14.6. The van der Waals surface area contributed by atoms with E-state index in [1.807, 2.05) is 14.0 Å². The molecule has 0 aliphatic heterocycles. The molecule has 1 saturated carbocycles. The summed E-state index contributed by atoms with van der Waals surface area (Å²) in [7, 11) is -1.46. The highest BCUT2D eigenvalue weighted by Gasteiger charge is 2.29. The third kappa shape index (κ3) is 3.95. The van der Waals surface area contributed by atoms with Crippen molar-refractivity contribution in [2.75, 3.05) is 13.6 Å². The van der Waals surface area contributed by atoms with E-state index in [-0.39, 0.29) is 10.9 Å². The van der Waals surface area contributed by atoms with Gasteiger partial charge in [0.15, 0.2) is 0 Å². The standard InChI is InChI=1S/C13H18BrClN2O2S/c1-9(17(2)10-3-4-10)8-16-20(18,19)11-5-6-13(15)12(14)7-11/h5-7,9-10,16H,3-4,8H2,1-2H3. The lowest BCUT2D eigenvalue weighted by Gasteiger charge is -2.24. The molecule has 7 heteroatoms. The van der Waals surface area contributed by atoms with Crippen molar-refractivity contribution >= 4 is 37.6 Å². The topological polar surface area (TPSA) is 49.4 Å². The number of sulfonamides is 1. The second kappa shape index (κ2) is 6.32. The molecule has 4 nitrogen and oxygen atoms in total. The third-order valence-corrected chi connectivity index (χ3v) is 6.22. The number of hydrogen-bond donors (Lipinski definition) is 1. The summed E-state index contributed by atoms with van der Waals surface area (Å²) in [6.45, 7) is 2.42. The highest BCUT2D eigenvalue weighted by Crippen LogP contribution is 2.27. The van der Waals surface area contributed by atoms with Crippen molar-refractivity contribution in [2.45, 2.75) is 36.7 Å². The summed E-state index contributed by atoms with van der Waals surface area (Å²) in [5.74, 6) is 0. The molecular formula is C13H18BrClN2O2S. The van der Waals surface area contributed by atoms with Gasteiger partial charge in [-0.05, 0) is 60.9 Å². The van der Waals surface area contributed by atoms with Crippen molar-refractivity contribution in [1.82, 2.24) is 9.62 Å². The second-order valence-corrected chi connectivity index (χ2v) is 8.20. The van der Waals surface area contributed by atoms with E-state index >= 15 is 0 Å². The van der Waals surface area contributed by atoms with E-state index in [1.54, 1.807) is 6.07 Å². The highest BCUT2D eigenvalue weighted by molar-refractivity contribution is 9.10. The molecule has 1 aromatic rings. The largest absolute Gasteiger partial charge is 0.299 e. The number of hydrogen-bond acceptors (Lipinski definition) is 3. The van der Waals surface area contributed by atoms with Gasteiger partial charge in [0, 0.05) is 23.1 Å². The average Bonchev–Trinajstić information content (AvgIpc) is 3.22. The molecule has 20 heavy (non-hydrogen) atoms. The summed E-state index contributed by atoms with van der Waals surface area (Å²) in [6.07, 6.45) is 2.41. The first-order valence-corrected chi connectivity index (χ1v) is 9.13. The van der Waals surface area contributed by atoms with E-state index in [4.69, 9.17) is 11.6 Å². The van der Waals surface area contributed by atoms with Crippen LogP contribution in [-0.2, 0) is 10.0 Å². The molecule has 0 saturated heterocycles. The molecule has 1 unspecified atom stereocenters. The highest BCUT2D eigenvalue weighted by atomic mass is 79.9. The summed E-state index contributed by atoms with van der Waals surface area (Å²) in [5.41, 5.74) is 0. The smallest absolute Gasteiger partial charge is 0.240 e. The first-order chi connectivity index (χ1) is 9.31. The van der Waals surface area contributed by atoms with Crippen molar-refractivity contribution in [3.63, 3.8) is 0 Å². The number of benzene rings is 1. The van der Waals surface area contributed by atoms with Gasteiger partial charge in [-0.25, -0.2) is 13.1 Å². The molecule has 1 aliphatic rings. The zero-order chi connectivity index (χ0) is 14.9. The predicted octanol–water partition coefficient (Wildman–Crippen LogP) is 2.86. The number of nitrogens with zero attached hydrogens (tertiary/aromatic N) is 1. The molecule has 1 fully saturated rings. The Morgan fingerprint density at radius 2 is 2.15 bits per heavy atom. The van der Waals surface area contributed by atoms with Crippen LogP contribution >= 0.6 is 27.5 Å². The van der Waals surface area contributed by atoms with Gasteiger partial charge in [-0.1, -0.05) is 11.6 Å². The molecule has 2 rings (SSSR count). The molecule has 0 amide bonds. The van der Waals surface area contributed by atoms with E-state index in [1.165, 1.54) is 25.0 Å². The third-order valence-electron chi connectivity index (χ3n) is 3.59. The molecule has 1 N–H and O–H groups in total. The summed E-state index contributed by atoms with van der Waals surface area (Å²) in [5, 5.41) is 0.491. The van der Waals surface area contributed by atoms with Crippen molar-refractivity contribution in [3.05, 3.63) is 27.7 Å². The Morgan fingerprint density at radius 3 is 2.70 bits per heavy atom. The SMILES string of the molecule is CC(CNS(=O)(=O)c1ccc(Cl)c(Br)c1)N(C)C1CC1. The summed E-state index contributed by atoms with van der Waals surface area (Å²) in [4.78, 5) is 2.44. The van der Waals surface area contributed by atoms with Crippen LogP contribution in [0.15, 0.2) is 27.6 Å². The van der Waals surface area contributed by atoms with Gasteiger partial charge in [-0.2, -0.15) is 0 Å². The maximum absolute atomic E-state index is 12.2. The lowest BCUT2D eigenvalue weighted by atomic mass is 10.3. The van der Waals surface area contributed by atoms with Crippen LogP contribution in [0.25, 0.3) is 0 Å². The van der Waals surface area contributed by atoms with Gasteiger partial charge >= 0.3 is 0 Å². The Morgan fingerprint density at radius 1 is 1.50 bits per heavy atom. The van der Waals surface area contributed by atoms with E-state index < -0.39 is 10.0 Å². The summed E-state index contributed by atoms with van der Waals surface area (Å²) < 4.78 is 27.7. The molecule has 0 radical (unpaired) electrons. The molecule has 0 bridgehead atoms. The van der Waals surface area contributed by atoms with Crippen LogP contribution in [0.1, 0.15) is 19.8 Å². The lowest BCUT2D eigenvalue weighted by molar-refractivity contribution is 0.248. The number of halogens is 2. The van der Waals surface area contributed by atoms with Crippen molar-refractivity contribution in [3.8, 4) is 0 Å². The van der Waals surface area contributed by atoms with Crippen LogP contribution in [0.2, 0.25) is 5.02 Å². The number of rotatable bonds is 6. The van der Waals surface area contributed by atoms with Crippen LogP contribution in [-0.4, -0.2) is 39.0 Å². The van der Waals surface area contributed by atoms with Gasteiger partial charge in [0.25, 0.3) is 0 Å². The molecule has 1 atom stereocenters. The van der Waals surface area contributed by atoms with Gasteiger partial charge in [-0.3, -0.25) is 4.90 Å². The van der Waals surface area contributed by atoms with Gasteiger partial charge in [0.1, 0.15) is 0 Å². The molecule has 112 valence electrons. The van der Waals surface area contributed by atoms with Crippen LogP contribution < -0.4 is 4.72 Å². The number of likely N-dealkylation sites (N-methyl/N-ethyl adjacent to an activating group) is 1. The maximum Gasteiger partial charge on any atom is 0.240 e. The summed E-state index contributed by atoms with van der Waals surface area (Å²) in [6, 6.07) is 5.37. The van der Waals surface area contributed by atoms with Gasteiger partial charge in [0.2, 0.25) is 10.0 Å². The van der Waals surface area contributed by atoms with E-state index in [0.29, 0.717) is 22.1 Å². The Kier molecular flexibility index (Phi) is 5.13. The minimum atomic E-state index is -3.50. The molecule has 1 aromatic carbocycles. The van der Waals surface area contributed by atoms with Crippen LogP contribution in [0.3, 0.4) is 0 Å². The van der Waals surface area contributed by atoms with E-state index in [9.17, 15) is 8.42 Å². The van der Waals surface area contributed by atoms with Crippen molar-refractivity contribution < 1.29 is 8.42 Å². The Bertz CT molecular complexity index is 590. The normalized spacial score (nSPS) is 17.4. The Labute approximate surface area is 133 Å². The quantitative estimate of drug-likeness (QED) is 0.824. The number of nitrogens with one attached hydrogen (secondary N) is 1.